The van der Waals surface area contributed by atoms with Crippen molar-refractivity contribution >= 4 is 0 Å². The van der Waals surface area contributed by atoms with Crippen molar-refractivity contribution in [2.75, 3.05) is 6.54 Å². The molecule has 2 nitrogen and oxygen atoms in total. The summed E-state index contributed by atoms with van der Waals surface area (Å²) in [6, 6.07) is 4.28. The van der Waals surface area contributed by atoms with Crippen molar-refractivity contribution in [3.05, 3.63) is 34.4 Å². The van der Waals surface area contributed by atoms with Gasteiger partial charge in [-0.25, -0.2) is 0 Å². The first-order valence-electron chi connectivity index (χ1n) is 6.71. The molecule has 0 aromatic heterocycles. The quantitative estimate of drug-likeness (QED) is 0.857. The maximum Gasteiger partial charge on any atom is 0.0807 e. The molecule has 1 aromatic rings. The van der Waals surface area contributed by atoms with Gasteiger partial charge in [0.05, 0.1) is 6.10 Å². The fourth-order valence-corrected chi connectivity index (χ4v) is 2.45. The summed E-state index contributed by atoms with van der Waals surface area (Å²) in [4.78, 5) is 0. The van der Waals surface area contributed by atoms with Crippen LogP contribution in [0.15, 0.2) is 12.1 Å². The summed E-state index contributed by atoms with van der Waals surface area (Å²) >= 11 is 0. The van der Waals surface area contributed by atoms with Crippen molar-refractivity contribution in [1.29, 1.82) is 0 Å². The highest BCUT2D eigenvalue weighted by Gasteiger charge is 2.15. The third-order valence-electron chi connectivity index (χ3n) is 3.14. The number of aliphatic hydroxyl groups excluding tert-OH is 1. The van der Waals surface area contributed by atoms with Crippen LogP contribution in [0.2, 0.25) is 0 Å². The van der Waals surface area contributed by atoms with Gasteiger partial charge in [0.2, 0.25) is 0 Å². The van der Waals surface area contributed by atoms with Gasteiger partial charge in [-0.2, -0.15) is 0 Å². The third kappa shape index (κ3) is 4.43. The molecule has 0 aliphatic heterocycles. The van der Waals surface area contributed by atoms with Crippen molar-refractivity contribution < 1.29 is 5.11 Å². The van der Waals surface area contributed by atoms with E-state index in [-0.39, 0.29) is 11.6 Å². The molecule has 0 aliphatic carbocycles. The highest BCUT2D eigenvalue weighted by molar-refractivity contribution is 5.38. The fraction of sp³-hybridized carbons (Fsp3) is 0.625. The van der Waals surface area contributed by atoms with E-state index in [1.165, 1.54) is 16.7 Å². The number of aliphatic hydroxyl groups is 1. The summed E-state index contributed by atoms with van der Waals surface area (Å²) in [6.45, 7) is 13.5. The topological polar surface area (TPSA) is 32.3 Å². The summed E-state index contributed by atoms with van der Waals surface area (Å²) < 4.78 is 0. The van der Waals surface area contributed by atoms with Crippen molar-refractivity contribution in [2.45, 2.75) is 59.6 Å². The van der Waals surface area contributed by atoms with Gasteiger partial charge < -0.3 is 10.4 Å². The van der Waals surface area contributed by atoms with Crippen LogP contribution in [-0.4, -0.2) is 17.2 Å². The smallest absolute Gasteiger partial charge is 0.0807 e. The van der Waals surface area contributed by atoms with E-state index in [4.69, 9.17) is 0 Å². The van der Waals surface area contributed by atoms with E-state index >= 15 is 0 Å². The van der Waals surface area contributed by atoms with Crippen molar-refractivity contribution in [3.63, 3.8) is 0 Å². The molecule has 102 valence electrons. The second-order valence-electron chi connectivity index (χ2n) is 6.29. The minimum absolute atomic E-state index is 0.108. The zero-order chi connectivity index (χ0) is 13.9. The number of rotatable bonds is 4. The Morgan fingerprint density at radius 1 is 1.11 bits per heavy atom. The molecule has 0 radical (unpaired) electrons. The predicted octanol–water partition coefficient (Wildman–Crippen LogP) is 3.42. The molecule has 2 heteroatoms. The van der Waals surface area contributed by atoms with Gasteiger partial charge in [-0.15, -0.1) is 0 Å². The maximum atomic E-state index is 10.3. The van der Waals surface area contributed by atoms with E-state index < -0.39 is 0 Å². The molecule has 0 heterocycles. The van der Waals surface area contributed by atoms with Crippen LogP contribution in [0.5, 0.6) is 0 Å². The van der Waals surface area contributed by atoms with E-state index in [0.29, 0.717) is 0 Å². The average molecular weight is 249 g/mol. The van der Waals surface area contributed by atoms with Crippen LogP contribution in [0.4, 0.5) is 0 Å². The number of hydrogen-bond acceptors (Lipinski definition) is 2. The predicted molar refractivity (Wildman–Crippen MR) is 78.0 cm³/mol. The lowest BCUT2D eigenvalue weighted by Crippen LogP contribution is -2.36. The third-order valence-corrected chi connectivity index (χ3v) is 3.14. The Morgan fingerprint density at radius 3 is 2.06 bits per heavy atom. The highest BCUT2D eigenvalue weighted by atomic mass is 16.3. The first-order valence-corrected chi connectivity index (χ1v) is 6.71. The zero-order valence-electron chi connectivity index (χ0n) is 12.6. The molecule has 0 saturated heterocycles. The largest absolute Gasteiger partial charge is 0.388 e. The minimum atomic E-state index is -0.375. The van der Waals surface area contributed by atoms with Crippen LogP contribution in [0.25, 0.3) is 0 Å². The van der Waals surface area contributed by atoms with E-state index in [1.54, 1.807) is 0 Å². The molecule has 0 aliphatic rings. The Hall–Kier alpha value is -0.860. The van der Waals surface area contributed by atoms with Gasteiger partial charge in [-0.05, 0) is 71.2 Å². The summed E-state index contributed by atoms with van der Waals surface area (Å²) in [6.07, 6.45) is 0.377. The lowest BCUT2D eigenvalue weighted by Gasteiger charge is -2.23. The lowest BCUT2D eigenvalue weighted by molar-refractivity contribution is 0.162. The van der Waals surface area contributed by atoms with Gasteiger partial charge in [0.15, 0.2) is 0 Å². The zero-order valence-corrected chi connectivity index (χ0v) is 12.6. The molecule has 2 N–H and O–H groups in total. The van der Waals surface area contributed by atoms with Gasteiger partial charge in [0.25, 0.3) is 0 Å². The SMILES string of the molecule is Cc1cc(C)c(C(O)CCNC(C)(C)C)c(C)c1. The van der Waals surface area contributed by atoms with Gasteiger partial charge in [0, 0.05) is 5.54 Å². The molecule has 1 unspecified atom stereocenters. The van der Waals surface area contributed by atoms with Crippen LogP contribution in [0.3, 0.4) is 0 Å². The molecule has 0 amide bonds. The molecular weight excluding hydrogens is 222 g/mol. The van der Waals surface area contributed by atoms with Gasteiger partial charge in [-0.3, -0.25) is 0 Å². The molecule has 18 heavy (non-hydrogen) atoms. The first-order chi connectivity index (χ1) is 8.20. The van der Waals surface area contributed by atoms with Gasteiger partial charge in [0.1, 0.15) is 0 Å². The molecule has 0 fully saturated rings. The van der Waals surface area contributed by atoms with Crippen LogP contribution < -0.4 is 5.32 Å². The monoisotopic (exact) mass is 249 g/mol. The molecule has 1 aromatic carbocycles. The summed E-state index contributed by atoms with van der Waals surface area (Å²) in [7, 11) is 0. The molecule has 0 bridgehead atoms. The molecule has 0 saturated carbocycles. The van der Waals surface area contributed by atoms with Crippen LogP contribution in [0, 0.1) is 20.8 Å². The highest BCUT2D eigenvalue weighted by Crippen LogP contribution is 2.25. The number of hydrogen-bond donors (Lipinski definition) is 2. The van der Waals surface area contributed by atoms with Crippen molar-refractivity contribution in [1.82, 2.24) is 5.32 Å². The second-order valence-corrected chi connectivity index (χ2v) is 6.29. The van der Waals surface area contributed by atoms with E-state index in [0.717, 1.165) is 18.5 Å². The summed E-state index contributed by atoms with van der Waals surface area (Å²) in [5.41, 5.74) is 4.84. The van der Waals surface area contributed by atoms with E-state index in [9.17, 15) is 5.11 Å². The fourth-order valence-electron chi connectivity index (χ4n) is 2.45. The summed E-state index contributed by atoms with van der Waals surface area (Å²) in [5, 5.41) is 13.7. The van der Waals surface area contributed by atoms with E-state index in [1.807, 2.05) is 0 Å². The van der Waals surface area contributed by atoms with Gasteiger partial charge >= 0.3 is 0 Å². The van der Waals surface area contributed by atoms with Crippen molar-refractivity contribution in [3.8, 4) is 0 Å². The second kappa shape index (κ2) is 5.85. The average Bonchev–Trinajstić information content (AvgIpc) is 2.13. The molecule has 0 spiro atoms. The number of nitrogens with one attached hydrogen (secondary N) is 1. The molecular formula is C16H27NO. The van der Waals surface area contributed by atoms with Crippen molar-refractivity contribution in [2.24, 2.45) is 0 Å². The van der Waals surface area contributed by atoms with Crippen LogP contribution in [-0.2, 0) is 0 Å². The number of benzene rings is 1. The van der Waals surface area contributed by atoms with E-state index in [2.05, 4.69) is 59.0 Å². The van der Waals surface area contributed by atoms with Crippen LogP contribution >= 0.6 is 0 Å². The Labute approximate surface area is 111 Å². The van der Waals surface area contributed by atoms with Crippen LogP contribution in [0.1, 0.15) is 55.5 Å². The number of aryl methyl sites for hydroxylation is 3. The maximum absolute atomic E-state index is 10.3. The normalized spacial score (nSPS) is 13.7. The lowest BCUT2D eigenvalue weighted by atomic mass is 9.94. The Morgan fingerprint density at radius 2 is 1.61 bits per heavy atom. The Balaban J connectivity index is 2.70. The standard InChI is InChI=1S/C16H27NO/c1-11-9-12(2)15(13(3)10-11)14(18)7-8-17-16(4,5)6/h9-10,14,17-18H,7-8H2,1-6H3. The molecule has 1 rings (SSSR count). The van der Waals surface area contributed by atoms with Gasteiger partial charge in [-0.1, -0.05) is 17.7 Å². The minimum Gasteiger partial charge on any atom is -0.388 e. The Kier molecular flexibility index (Phi) is 4.94. The Bertz CT molecular complexity index is 381. The summed E-state index contributed by atoms with van der Waals surface area (Å²) in [5.74, 6) is 0. The molecule has 1 atom stereocenters. The first kappa shape index (κ1) is 15.2.